The van der Waals surface area contributed by atoms with Crippen LogP contribution in [0, 0.1) is 15.0 Å². The van der Waals surface area contributed by atoms with Crippen LogP contribution in [0.15, 0.2) is 6.07 Å². The minimum atomic E-state index is -2.84. The summed E-state index contributed by atoms with van der Waals surface area (Å²) in [6.45, 7) is 0. The lowest BCUT2D eigenvalue weighted by Crippen LogP contribution is -2.05. The Morgan fingerprint density at radius 2 is 2.27 bits per heavy atom. The maximum Gasteiger partial charge on any atom is 0.272 e. The Kier molecular flexibility index (Phi) is 3.93. The summed E-state index contributed by atoms with van der Waals surface area (Å²) in [6.07, 6.45) is -2.84. The molecule has 0 aliphatic heterocycles. The molecule has 1 aromatic rings. The monoisotopic (exact) mass is 342 g/mol. The molecule has 78 valence electrons. The van der Waals surface area contributed by atoms with Crippen LogP contribution in [0.4, 0.5) is 8.78 Å². The summed E-state index contributed by atoms with van der Waals surface area (Å²) in [5.74, 6) is 0. The zero-order chi connectivity index (χ0) is 11.6. The van der Waals surface area contributed by atoms with E-state index in [0.29, 0.717) is 0 Å². The highest BCUT2D eigenvalue weighted by atomic mass is 127. The number of hydrogen-bond donors (Lipinski definition) is 0. The summed E-state index contributed by atoms with van der Waals surface area (Å²) in [5.41, 5.74) is -1.42. The van der Waals surface area contributed by atoms with Crippen molar-refractivity contribution in [2.75, 3.05) is 0 Å². The van der Waals surface area contributed by atoms with E-state index in [0.717, 1.165) is 6.07 Å². The first kappa shape index (κ1) is 12.3. The highest BCUT2D eigenvalue weighted by Gasteiger charge is 2.21. The largest absolute Gasteiger partial charge is 0.274 e. The third-order valence-electron chi connectivity index (χ3n) is 1.55. The smallest absolute Gasteiger partial charge is 0.272 e. The molecule has 0 saturated heterocycles. The Balaban J connectivity index is 3.54. The molecule has 0 fully saturated rings. The van der Waals surface area contributed by atoms with E-state index in [1.807, 2.05) is 0 Å². The highest BCUT2D eigenvalue weighted by molar-refractivity contribution is 14.1. The summed E-state index contributed by atoms with van der Waals surface area (Å²) in [6, 6.07) is 2.55. The Morgan fingerprint density at radius 3 is 2.67 bits per heavy atom. The van der Waals surface area contributed by atoms with Crippen LogP contribution in [-0.4, -0.2) is 10.2 Å². The van der Waals surface area contributed by atoms with E-state index < -0.39 is 28.5 Å². The summed E-state index contributed by atoms with van der Waals surface area (Å²) in [4.78, 5) is 14.5. The lowest BCUT2D eigenvalue weighted by atomic mass is 10.1. The minimum Gasteiger partial charge on any atom is -0.274 e. The van der Waals surface area contributed by atoms with Gasteiger partial charge in [0.2, 0.25) is 0 Å². The second-order valence-corrected chi connectivity index (χ2v) is 3.89. The quantitative estimate of drug-likeness (QED) is 0.472. The van der Waals surface area contributed by atoms with E-state index in [4.69, 9.17) is 16.9 Å². The van der Waals surface area contributed by atoms with Gasteiger partial charge in [-0.3, -0.25) is 4.79 Å². The third-order valence-corrected chi connectivity index (χ3v) is 2.28. The molecule has 0 radical (unpaired) electrons. The molecule has 0 N–H and O–H groups in total. The van der Waals surface area contributed by atoms with Crippen molar-refractivity contribution in [3.63, 3.8) is 0 Å². The van der Waals surface area contributed by atoms with E-state index >= 15 is 0 Å². The fourth-order valence-electron chi connectivity index (χ4n) is 0.964. The van der Waals surface area contributed by atoms with Crippen LogP contribution in [-0.2, 0) is 0 Å². The molecular weight excluding hydrogens is 340 g/mol. The number of aromatic nitrogens is 1. The fraction of sp³-hybridized carbons (Fsp3) is 0.125. The van der Waals surface area contributed by atoms with Gasteiger partial charge in [0.15, 0.2) is 0 Å². The average Bonchev–Trinajstić information content (AvgIpc) is 2.16. The molecule has 1 aromatic heterocycles. The Bertz CT molecular complexity index is 459. The molecule has 1 heterocycles. The standard InChI is InChI=1S/C8H2ClF2IN2O/c9-7(15)6-4(2-13)3(8(10)11)1-5(12)14-6/h1,8H. The first-order valence-corrected chi connectivity index (χ1v) is 5.01. The molecule has 15 heavy (non-hydrogen) atoms. The van der Waals surface area contributed by atoms with Crippen molar-refractivity contribution in [2.24, 2.45) is 0 Å². The summed E-state index contributed by atoms with van der Waals surface area (Å²) in [5, 5.41) is 7.63. The first-order chi connectivity index (χ1) is 6.97. The van der Waals surface area contributed by atoms with Gasteiger partial charge in [0.05, 0.1) is 5.56 Å². The number of alkyl halides is 2. The van der Waals surface area contributed by atoms with Gasteiger partial charge in [-0.15, -0.1) is 0 Å². The predicted molar refractivity (Wildman–Crippen MR) is 56.8 cm³/mol. The Morgan fingerprint density at radius 1 is 1.67 bits per heavy atom. The Hall–Kier alpha value is -0.810. The fourth-order valence-corrected chi connectivity index (χ4v) is 1.68. The molecule has 1 rings (SSSR count). The normalized spacial score (nSPS) is 10.1. The molecule has 3 nitrogen and oxygen atoms in total. The van der Waals surface area contributed by atoms with E-state index in [-0.39, 0.29) is 3.70 Å². The SMILES string of the molecule is N#Cc1c(C(F)F)cc(I)nc1C(=O)Cl. The van der Waals surface area contributed by atoms with Crippen molar-refractivity contribution in [2.45, 2.75) is 6.43 Å². The lowest BCUT2D eigenvalue weighted by Gasteiger charge is -2.05. The maximum atomic E-state index is 12.5. The zero-order valence-electron chi connectivity index (χ0n) is 6.97. The van der Waals surface area contributed by atoms with Gasteiger partial charge in [0.1, 0.15) is 15.5 Å². The second kappa shape index (κ2) is 4.81. The van der Waals surface area contributed by atoms with Gasteiger partial charge in [-0.25, -0.2) is 13.8 Å². The summed E-state index contributed by atoms with van der Waals surface area (Å²) >= 11 is 6.80. The van der Waals surface area contributed by atoms with Crippen molar-refractivity contribution in [1.29, 1.82) is 5.26 Å². The van der Waals surface area contributed by atoms with Crippen molar-refractivity contribution in [1.82, 2.24) is 4.98 Å². The summed E-state index contributed by atoms with van der Waals surface area (Å²) < 4.78 is 25.2. The van der Waals surface area contributed by atoms with Crippen LogP contribution in [0.1, 0.15) is 28.0 Å². The Labute approximate surface area is 102 Å². The number of nitrogens with zero attached hydrogens (tertiary/aromatic N) is 2. The number of nitriles is 1. The van der Waals surface area contributed by atoms with E-state index in [9.17, 15) is 13.6 Å². The first-order valence-electron chi connectivity index (χ1n) is 3.56. The number of rotatable bonds is 2. The average molecular weight is 342 g/mol. The van der Waals surface area contributed by atoms with Gasteiger partial charge in [-0.2, -0.15) is 5.26 Å². The number of hydrogen-bond acceptors (Lipinski definition) is 3. The molecule has 0 amide bonds. The summed E-state index contributed by atoms with van der Waals surface area (Å²) in [7, 11) is 0. The molecule has 0 bridgehead atoms. The molecule has 0 saturated carbocycles. The lowest BCUT2D eigenvalue weighted by molar-refractivity contribution is 0.107. The van der Waals surface area contributed by atoms with E-state index in [1.165, 1.54) is 6.07 Å². The van der Waals surface area contributed by atoms with Crippen LogP contribution < -0.4 is 0 Å². The number of carbonyl (C=O) groups excluding carboxylic acids is 1. The van der Waals surface area contributed by atoms with E-state index in [1.54, 1.807) is 22.6 Å². The molecule has 0 aliphatic rings. The predicted octanol–water partition coefficient (Wildman–Crippen LogP) is 2.87. The van der Waals surface area contributed by atoms with Crippen molar-refractivity contribution in [3.05, 3.63) is 26.6 Å². The van der Waals surface area contributed by atoms with Crippen LogP contribution in [0.5, 0.6) is 0 Å². The van der Waals surface area contributed by atoms with Gasteiger partial charge in [-0.1, -0.05) is 0 Å². The van der Waals surface area contributed by atoms with Crippen molar-refractivity contribution < 1.29 is 13.6 Å². The van der Waals surface area contributed by atoms with Crippen LogP contribution >= 0.6 is 34.2 Å². The molecule has 0 unspecified atom stereocenters. The topological polar surface area (TPSA) is 53.8 Å². The minimum absolute atomic E-state index is 0.186. The molecule has 0 aliphatic carbocycles. The maximum absolute atomic E-state index is 12.5. The highest BCUT2D eigenvalue weighted by Crippen LogP contribution is 2.26. The van der Waals surface area contributed by atoms with Gasteiger partial charge in [-0.05, 0) is 40.3 Å². The number of pyridine rings is 1. The molecule has 7 heteroatoms. The van der Waals surface area contributed by atoms with Gasteiger partial charge >= 0.3 is 0 Å². The molecule has 0 atom stereocenters. The molecule has 0 spiro atoms. The van der Waals surface area contributed by atoms with Crippen LogP contribution in [0.2, 0.25) is 0 Å². The molecule has 0 aromatic carbocycles. The van der Waals surface area contributed by atoms with Crippen molar-refractivity contribution in [3.8, 4) is 6.07 Å². The van der Waals surface area contributed by atoms with Crippen LogP contribution in [0.3, 0.4) is 0 Å². The zero-order valence-corrected chi connectivity index (χ0v) is 9.88. The van der Waals surface area contributed by atoms with Gasteiger partial charge < -0.3 is 0 Å². The van der Waals surface area contributed by atoms with E-state index in [2.05, 4.69) is 4.98 Å². The number of carbonyl (C=O) groups is 1. The van der Waals surface area contributed by atoms with Gasteiger partial charge in [0, 0.05) is 5.56 Å². The van der Waals surface area contributed by atoms with Gasteiger partial charge in [0.25, 0.3) is 11.7 Å². The number of halogens is 4. The van der Waals surface area contributed by atoms with Crippen molar-refractivity contribution >= 4 is 39.4 Å². The molecular formula is C8H2ClF2IN2O. The van der Waals surface area contributed by atoms with Crippen LogP contribution in [0.25, 0.3) is 0 Å². The second-order valence-electron chi connectivity index (χ2n) is 2.44. The third kappa shape index (κ3) is 2.60.